The smallest absolute Gasteiger partial charge is 0.242 e. The zero-order chi connectivity index (χ0) is 22.6. The first-order chi connectivity index (χ1) is 14.6. The summed E-state index contributed by atoms with van der Waals surface area (Å²) < 4.78 is 52.8. The van der Waals surface area contributed by atoms with E-state index in [1.54, 1.807) is 6.92 Å². The molecule has 1 aliphatic rings. The topological polar surface area (TPSA) is 117 Å². The highest BCUT2D eigenvalue weighted by molar-refractivity contribution is 7.99. The fourth-order valence-corrected chi connectivity index (χ4v) is 4.57. The lowest BCUT2D eigenvalue weighted by molar-refractivity contribution is 0.219. The summed E-state index contributed by atoms with van der Waals surface area (Å²) in [4.78, 5) is 12.5. The maximum Gasteiger partial charge on any atom is 0.242 e. The lowest BCUT2D eigenvalue weighted by atomic mass is 9.81. The molecule has 0 amide bonds. The van der Waals surface area contributed by atoms with Crippen molar-refractivity contribution in [2.75, 3.05) is 22.9 Å². The van der Waals surface area contributed by atoms with E-state index in [0.717, 1.165) is 43.3 Å². The quantitative estimate of drug-likeness (QED) is 0.450. The van der Waals surface area contributed by atoms with Gasteiger partial charge in [-0.3, -0.25) is 4.72 Å². The SMILES string of the molecule is CC(Sc1nc(N[C@@H](CO)CC2CCC2)nc(NS(C)(=O)=O)n1)c1ccc(F)cc1F. The Bertz CT molecular complexity index is 1020. The Balaban J connectivity index is 1.83. The second-order valence-corrected chi connectivity index (χ2v) is 10.7. The summed E-state index contributed by atoms with van der Waals surface area (Å²) in [7, 11) is -3.64. The molecule has 1 unspecified atom stereocenters. The molecule has 2 aromatic rings. The van der Waals surface area contributed by atoms with E-state index in [1.165, 1.54) is 18.6 Å². The van der Waals surface area contributed by atoms with Crippen LogP contribution in [0.3, 0.4) is 0 Å². The molecule has 170 valence electrons. The molecular formula is C19H25F2N5O3S2. The maximum atomic E-state index is 14.1. The van der Waals surface area contributed by atoms with Crippen molar-refractivity contribution in [3.05, 3.63) is 35.4 Å². The number of nitrogens with one attached hydrogen (secondary N) is 2. The third kappa shape index (κ3) is 6.97. The average Bonchev–Trinajstić information content (AvgIpc) is 2.61. The van der Waals surface area contributed by atoms with Crippen molar-refractivity contribution in [3.63, 3.8) is 0 Å². The first-order valence-corrected chi connectivity index (χ1v) is 12.6. The van der Waals surface area contributed by atoms with Gasteiger partial charge in [-0.2, -0.15) is 15.0 Å². The van der Waals surface area contributed by atoms with Crippen molar-refractivity contribution in [2.45, 2.75) is 49.1 Å². The number of aliphatic hydroxyl groups excluding tert-OH is 1. The molecule has 1 heterocycles. The number of sulfonamides is 1. The van der Waals surface area contributed by atoms with E-state index in [4.69, 9.17) is 0 Å². The summed E-state index contributed by atoms with van der Waals surface area (Å²) in [5, 5.41) is 12.4. The van der Waals surface area contributed by atoms with Crippen LogP contribution in [-0.2, 0) is 10.0 Å². The van der Waals surface area contributed by atoms with Gasteiger partial charge in [0.1, 0.15) is 11.6 Å². The maximum absolute atomic E-state index is 14.1. The van der Waals surface area contributed by atoms with Crippen molar-refractivity contribution >= 4 is 33.7 Å². The Morgan fingerprint density at radius 3 is 2.52 bits per heavy atom. The van der Waals surface area contributed by atoms with E-state index >= 15 is 0 Å². The van der Waals surface area contributed by atoms with Crippen molar-refractivity contribution in [3.8, 4) is 0 Å². The minimum Gasteiger partial charge on any atom is -0.394 e. The highest BCUT2D eigenvalue weighted by Crippen LogP contribution is 2.35. The first-order valence-electron chi connectivity index (χ1n) is 9.86. The van der Waals surface area contributed by atoms with E-state index in [9.17, 15) is 22.3 Å². The number of anilines is 2. The molecule has 3 N–H and O–H groups in total. The van der Waals surface area contributed by atoms with Gasteiger partial charge in [-0.25, -0.2) is 17.2 Å². The van der Waals surface area contributed by atoms with Crippen molar-refractivity contribution in [2.24, 2.45) is 5.92 Å². The molecule has 1 fully saturated rings. The molecule has 3 rings (SSSR count). The van der Waals surface area contributed by atoms with E-state index in [1.807, 2.05) is 0 Å². The Labute approximate surface area is 184 Å². The molecule has 0 saturated heterocycles. The molecule has 0 spiro atoms. The van der Waals surface area contributed by atoms with Crippen LogP contribution in [-0.4, -0.2) is 47.4 Å². The molecule has 1 aliphatic carbocycles. The zero-order valence-electron chi connectivity index (χ0n) is 17.2. The van der Waals surface area contributed by atoms with Crippen molar-refractivity contribution in [1.82, 2.24) is 15.0 Å². The van der Waals surface area contributed by atoms with E-state index in [0.29, 0.717) is 5.92 Å². The Morgan fingerprint density at radius 1 is 1.23 bits per heavy atom. The fraction of sp³-hybridized carbons (Fsp3) is 0.526. The summed E-state index contributed by atoms with van der Waals surface area (Å²) >= 11 is 1.07. The van der Waals surface area contributed by atoms with Crippen molar-refractivity contribution < 1.29 is 22.3 Å². The summed E-state index contributed by atoms with van der Waals surface area (Å²) in [6, 6.07) is 3.02. The minimum absolute atomic E-state index is 0.105. The van der Waals surface area contributed by atoms with E-state index < -0.39 is 26.9 Å². The largest absolute Gasteiger partial charge is 0.394 e. The Morgan fingerprint density at radius 2 is 1.94 bits per heavy atom. The van der Waals surface area contributed by atoms with Crippen LogP contribution in [0.2, 0.25) is 0 Å². The van der Waals surface area contributed by atoms with Gasteiger partial charge in [0.2, 0.25) is 21.9 Å². The van der Waals surface area contributed by atoms with Crippen LogP contribution in [0, 0.1) is 17.6 Å². The highest BCUT2D eigenvalue weighted by Gasteiger charge is 2.23. The molecule has 1 saturated carbocycles. The lowest BCUT2D eigenvalue weighted by Crippen LogP contribution is -2.30. The third-order valence-corrected chi connectivity index (χ3v) is 6.52. The number of aromatic nitrogens is 3. The number of nitrogens with zero attached hydrogens (tertiary/aromatic N) is 3. The monoisotopic (exact) mass is 473 g/mol. The molecule has 2 atom stereocenters. The molecule has 1 aromatic carbocycles. The number of aliphatic hydroxyl groups is 1. The number of halogens is 2. The number of rotatable bonds is 10. The Hall–Kier alpha value is -2.05. The van der Waals surface area contributed by atoms with Crippen LogP contribution in [0.5, 0.6) is 0 Å². The van der Waals surface area contributed by atoms with Gasteiger partial charge in [0.15, 0.2) is 5.16 Å². The highest BCUT2D eigenvalue weighted by atomic mass is 32.2. The molecule has 31 heavy (non-hydrogen) atoms. The lowest BCUT2D eigenvalue weighted by Gasteiger charge is -2.29. The number of benzene rings is 1. The normalized spacial score (nSPS) is 16.4. The van der Waals surface area contributed by atoms with Crippen molar-refractivity contribution in [1.29, 1.82) is 0 Å². The molecule has 1 aromatic heterocycles. The molecule has 0 radical (unpaired) electrons. The zero-order valence-corrected chi connectivity index (χ0v) is 18.8. The van der Waals surface area contributed by atoms with Crippen LogP contribution >= 0.6 is 11.8 Å². The van der Waals surface area contributed by atoms with Gasteiger partial charge in [0.25, 0.3) is 0 Å². The van der Waals surface area contributed by atoms with Crippen LogP contribution < -0.4 is 10.0 Å². The molecule has 8 nitrogen and oxygen atoms in total. The summed E-state index contributed by atoms with van der Waals surface area (Å²) in [6.45, 7) is 1.57. The predicted octanol–water partition coefficient (Wildman–Crippen LogP) is 3.34. The van der Waals surface area contributed by atoms with Gasteiger partial charge in [-0.15, -0.1) is 0 Å². The van der Waals surface area contributed by atoms with Gasteiger partial charge in [-0.1, -0.05) is 37.1 Å². The molecule has 12 heteroatoms. The van der Waals surface area contributed by atoms with Gasteiger partial charge >= 0.3 is 0 Å². The van der Waals surface area contributed by atoms with Gasteiger partial charge < -0.3 is 10.4 Å². The van der Waals surface area contributed by atoms with E-state index in [2.05, 4.69) is 25.0 Å². The fourth-order valence-electron chi connectivity index (χ4n) is 3.23. The Kier molecular flexibility index (Phi) is 7.65. The first kappa shape index (κ1) is 23.6. The molecular weight excluding hydrogens is 448 g/mol. The molecule has 0 bridgehead atoms. The third-order valence-electron chi connectivity index (χ3n) is 4.97. The van der Waals surface area contributed by atoms with Crippen LogP contribution in [0.1, 0.15) is 43.4 Å². The second-order valence-electron chi connectivity index (χ2n) is 7.62. The number of hydrogen-bond donors (Lipinski definition) is 3. The van der Waals surface area contributed by atoms with Gasteiger partial charge in [-0.05, 0) is 25.3 Å². The average molecular weight is 474 g/mol. The molecule has 0 aliphatic heterocycles. The minimum atomic E-state index is -3.64. The van der Waals surface area contributed by atoms with Gasteiger partial charge in [0.05, 0.1) is 18.9 Å². The summed E-state index contributed by atoms with van der Waals surface area (Å²) in [6.07, 6.45) is 5.11. The number of thioether (sulfide) groups is 1. The summed E-state index contributed by atoms with van der Waals surface area (Å²) in [5.41, 5.74) is 0.261. The summed E-state index contributed by atoms with van der Waals surface area (Å²) in [5.74, 6) is -0.923. The number of hydrogen-bond acceptors (Lipinski definition) is 8. The van der Waals surface area contributed by atoms with Crippen LogP contribution in [0.25, 0.3) is 0 Å². The van der Waals surface area contributed by atoms with Gasteiger partial charge in [0, 0.05) is 16.9 Å². The van der Waals surface area contributed by atoms with Crippen LogP contribution in [0.4, 0.5) is 20.7 Å². The predicted molar refractivity (Wildman–Crippen MR) is 115 cm³/mol. The van der Waals surface area contributed by atoms with E-state index in [-0.39, 0.29) is 35.3 Å². The standard InChI is InChI=1S/C19H25F2N5O3S2/c1-11(15-7-6-13(20)9-16(15)21)30-19-24-17(23-18(25-19)26-31(2,28)29)22-14(10-27)8-12-4-3-5-12/h6-7,9,11-12,14,27H,3-5,8,10H2,1-2H3,(H2,22,23,24,25,26)/t11?,14-/m1/s1. The van der Waals surface area contributed by atoms with Crippen LogP contribution in [0.15, 0.2) is 23.4 Å². The second kappa shape index (κ2) is 10.0.